The van der Waals surface area contributed by atoms with Crippen LogP contribution in [0.5, 0.6) is 0 Å². The number of cyclic esters (lactones) is 1. The van der Waals surface area contributed by atoms with Gasteiger partial charge in [-0.1, -0.05) is 48.6 Å². The van der Waals surface area contributed by atoms with E-state index in [1.807, 2.05) is 12.2 Å². The third kappa shape index (κ3) is 10.6. The fourth-order valence-corrected chi connectivity index (χ4v) is 6.13. The molecule has 4 aliphatic rings. The van der Waals surface area contributed by atoms with Crippen molar-refractivity contribution in [2.45, 2.75) is 125 Å². The van der Waals surface area contributed by atoms with Gasteiger partial charge in [-0.05, 0) is 19.9 Å². The van der Waals surface area contributed by atoms with Crippen molar-refractivity contribution in [2.75, 3.05) is 7.11 Å². The molecule has 0 aromatic rings. The maximum absolute atomic E-state index is 12.9. The Balaban J connectivity index is 1.60. The predicted molar refractivity (Wildman–Crippen MR) is 170 cm³/mol. The zero-order valence-corrected chi connectivity index (χ0v) is 27.4. The minimum Gasteiger partial charge on any atom is -0.469 e. The van der Waals surface area contributed by atoms with Crippen LogP contribution in [0.2, 0.25) is 0 Å². The van der Waals surface area contributed by atoms with E-state index in [4.69, 9.17) is 34.2 Å². The molecule has 4 rings (SSSR count). The lowest BCUT2D eigenvalue weighted by Crippen LogP contribution is -2.61. The average molecular weight is 680 g/mol. The SMILES string of the molecule is COC(=O)[C@H]1[C@@H]2C[C@@H](O[C@@H]3O[C@@H](C)[C@@H](O)C(N)C3O)C=CC=CC=CC=CC[C@@H](C)OC(=O)C=C[C@H]3O[C@@H]3C[C@H](O)C[C@](O)(C[C@@H]1O)O2. The summed E-state index contributed by atoms with van der Waals surface area (Å²) >= 11 is 0. The van der Waals surface area contributed by atoms with E-state index in [0.29, 0.717) is 6.42 Å². The van der Waals surface area contributed by atoms with E-state index < -0.39 is 97.3 Å². The first-order chi connectivity index (χ1) is 22.8. The average Bonchev–Trinajstić information content (AvgIpc) is 3.76. The molecule has 14 nitrogen and oxygen atoms in total. The molecule has 0 amide bonds. The van der Waals surface area contributed by atoms with E-state index in [1.165, 1.54) is 13.2 Å². The van der Waals surface area contributed by atoms with Crippen LogP contribution in [-0.4, -0.2) is 124 Å². The predicted octanol–water partition coefficient (Wildman–Crippen LogP) is 0.208. The Bertz CT molecular complexity index is 1240. The fourth-order valence-electron chi connectivity index (χ4n) is 6.13. The highest BCUT2D eigenvalue weighted by Crippen LogP contribution is 2.39. The van der Waals surface area contributed by atoms with Gasteiger partial charge in [-0.2, -0.15) is 0 Å². The summed E-state index contributed by atoms with van der Waals surface area (Å²) in [5.41, 5.74) is 6.01. The van der Waals surface area contributed by atoms with Crippen molar-refractivity contribution in [2.24, 2.45) is 11.7 Å². The second-order valence-electron chi connectivity index (χ2n) is 12.8. The molecule has 48 heavy (non-hydrogen) atoms. The number of aliphatic hydroxyl groups is 5. The molecule has 4 aliphatic heterocycles. The molecule has 2 bridgehead atoms. The van der Waals surface area contributed by atoms with Crippen LogP contribution in [0.4, 0.5) is 0 Å². The molecule has 0 aliphatic carbocycles. The van der Waals surface area contributed by atoms with Gasteiger partial charge in [0.2, 0.25) is 0 Å². The van der Waals surface area contributed by atoms with E-state index in [-0.39, 0.29) is 25.4 Å². The molecule has 0 aromatic carbocycles. The lowest BCUT2D eigenvalue weighted by molar-refractivity contribution is -0.308. The zero-order valence-electron chi connectivity index (χ0n) is 27.4. The van der Waals surface area contributed by atoms with Gasteiger partial charge >= 0.3 is 11.9 Å². The van der Waals surface area contributed by atoms with Crippen LogP contribution in [0.1, 0.15) is 46.0 Å². The van der Waals surface area contributed by atoms with Gasteiger partial charge in [0.15, 0.2) is 12.1 Å². The topological polar surface area (TPSA) is 220 Å². The molecular formula is C34H49NO13. The minimum atomic E-state index is -2.05. The lowest BCUT2D eigenvalue weighted by atomic mass is 9.83. The van der Waals surface area contributed by atoms with Crippen molar-refractivity contribution in [3.05, 3.63) is 60.8 Å². The summed E-state index contributed by atoms with van der Waals surface area (Å²) < 4.78 is 33.8. The van der Waals surface area contributed by atoms with Crippen molar-refractivity contribution in [3.63, 3.8) is 0 Å². The number of allylic oxidation sites excluding steroid dienone is 6. The van der Waals surface area contributed by atoms with E-state index >= 15 is 0 Å². The van der Waals surface area contributed by atoms with Gasteiger partial charge in [-0.15, -0.1) is 0 Å². The first-order valence-electron chi connectivity index (χ1n) is 16.3. The van der Waals surface area contributed by atoms with Crippen LogP contribution in [0.3, 0.4) is 0 Å². The highest BCUT2D eigenvalue weighted by molar-refractivity contribution is 5.82. The lowest BCUT2D eigenvalue weighted by Gasteiger charge is -2.45. The molecule has 3 saturated heterocycles. The maximum Gasteiger partial charge on any atom is 0.330 e. The van der Waals surface area contributed by atoms with E-state index in [0.717, 1.165) is 0 Å². The van der Waals surface area contributed by atoms with Crippen LogP contribution in [0.15, 0.2) is 60.8 Å². The minimum absolute atomic E-state index is 0.105. The summed E-state index contributed by atoms with van der Waals surface area (Å²) in [4.78, 5) is 25.0. The summed E-state index contributed by atoms with van der Waals surface area (Å²) in [5.74, 6) is -4.56. The highest BCUT2D eigenvalue weighted by Gasteiger charge is 2.51. The first kappa shape index (κ1) is 38.0. The molecule has 0 spiro atoms. The van der Waals surface area contributed by atoms with E-state index in [1.54, 1.807) is 56.4 Å². The van der Waals surface area contributed by atoms with Crippen molar-refractivity contribution in [1.82, 2.24) is 0 Å². The maximum atomic E-state index is 12.9. The van der Waals surface area contributed by atoms with Gasteiger partial charge in [-0.3, -0.25) is 4.79 Å². The van der Waals surface area contributed by atoms with Gasteiger partial charge in [0, 0.05) is 38.2 Å². The standard InChI is InChI=1S/C34H49NO13/c1-19-11-9-7-5-4-6-8-10-12-22(46-33-31(40)29(35)30(39)20(2)45-33)16-26-28(32(41)43-3)23(37)18-34(42,48-26)17-21(36)15-25-24(47-25)13-14-27(38)44-19/h4-10,12-14,19-26,28-31,33,36-37,39-40,42H,11,15-18,35H2,1-3H3/t19-,20+,21+,22+,23+,24-,25-,26+,28-,29?,30-,31?,33+,34-/m1/s1. The van der Waals surface area contributed by atoms with Crippen LogP contribution in [-0.2, 0) is 38.0 Å². The summed E-state index contributed by atoms with van der Waals surface area (Å²) in [7, 11) is 1.17. The Kier molecular flexibility index (Phi) is 13.7. The third-order valence-electron chi connectivity index (χ3n) is 8.76. The summed E-state index contributed by atoms with van der Waals surface area (Å²) in [6.45, 7) is 3.37. The van der Waals surface area contributed by atoms with Gasteiger partial charge < -0.3 is 59.7 Å². The molecule has 268 valence electrons. The number of hydrogen-bond donors (Lipinski definition) is 6. The van der Waals surface area contributed by atoms with Crippen LogP contribution >= 0.6 is 0 Å². The number of methoxy groups -OCH3 is 1. The van der Waals surface area contributed by atoms with Crippen LogP contribution < -0.4 is 5.73 Å². The molecule has 0 saturated carbocycles. The van der Waals surface area contributed by atoms with Crippen molar-refractivity contribution < 1.29 is 63.5 Å². The van der Waals surface area contributed by atoms with Crippen LogP contribution in [0, 0.1) is 5.92 Å². The fraction of sp³-hybridized carbons (Fsp3) is 0.647. The summed E-state index contributed by atoms with van der Waals surface area (Å²) in [6, 6.07) is -1.06. The van der Waals surface area contributed by atoms with E-state index in [9.17, 15) is 35.1 Å². The molecule has 2 unspecified atom stereocenters. The molecule has 4 heterocycles. The quantitative estimate of drug-likeness (QED) is 0.174. The summed E-state index contributed by atoms with van der Waals surface area (Å²) in [6.07, 6.45) is 6.23. The number of nitrogens with two attached hydrogens (primary N) is 1. The Hall–Kier alpha value is -2.76. The molecule has 0 radical (unpaired) electrons. The normalized spacial score (nSPS) is 43.1. The number of carbonyl (C=O) groups is 2. The smallest absolute Gasteiger partial charge is 0.330 e. The zero-order chi connectivity index (χ0) is 35.0. The number of epoxide rings is 1. The van der Waals surface area contributed by atoms with Gasteiger partial charge in [0.1, 0.15) is 24.2 Å². The second-order valence-corrected chi connectivity index (χ2v) is 12.8. The van der Waals surface area contributed by atoms with Crippen LogP contribution in [0.25, 0.3) is 0 Å². The second kappa shape index (κ2) is 17.3. The van der Waals surface area contributed by atoms with Gasteiger partial charge in [-0.25, -0.2) is 4.79 Å². The molecule has 3 fully saturated rings. The Labute approximate surface area is 280 Å². The van der Waals surface area contributed by atoms with Crippen molar-refractivity contribution in [1.29, 1.82) is 0 Å². The number of aliphatic hydroxyl groups excluding tert-OH is 4. The number of esters is 2. The first-order valence-corrected chi connectivity index (χ1v) is 16.3. The summed E-state index contributed by atoms with van der Waals surface area (Å²) in [5, 5.41) is 54.4. The number of rotatable bonds is 3. The molecule has 14 heteroatoms. The Morgan fingerprint density at radius 3 is 2.38 bits per heavy atom. The Morgan fingerprint density at radius 1 is 0.938 bits per heavy atom. The number of hydrogen-bond acceptors (Lipinski definition) is 14. The number of fused-ring (bicyclic) bond motifs is 3. The Morgan fingerprint density at radius 2 is 1.65 bits per heavy atom. The van der Waals surface area contributed by atoms with Crippen molar-refractivity contribution in [3.8, 4) is 0 Å². The largest absolute Gasteiger partial charge is 0.469 e. The number of ether oxygens (including phenoxy) is 6. The van der Waals surface area contributed by atoms with Crippen molar-refractivity contribution >= 4 is 11.9 Å². The molecule has 7 N–H and O–H groups in total. The molecule has 0 aromatic heterocycles. The van der Waals surface area contributed by atoms with Gasteiger partial charge in [0.25, 0.3) is 0 Å². The van der Waals surface area contributed by atoms with E-state index in [2.05, 4.69) is 0 Å². The molecular weight excluding hydrogens is 630 g/mol. The monoisotopic (exact) mass is 679 g/mol. The number of carbonyl (C=O) groups excluding carboxylic acids is 2. The molecule has 14 atom stereocenters. The van der Waals surface area contributed by atoms with Gasteiger partial charge in [0.05, 0.1) is 55.9 Å². The third-order valence-corrected chi connectivity index (χ3v) is 8.76. The highest BCUT2D eigenvalue weighted by atomic mass is 16.7.